The molecule has 0 N–H and O–H groups in total. The minimum atomic E-state index is 0. The molecule has 1 aliphatic carbocycles. The Morgan fingerprint density at radius 2 is 1.71 bits per heavy atom. The Kier molecular flexibility index (Phi) is 16.9. The van der Waals surface area contributed by atoms with Crippen LogP contribution in [-0.2, 0) is 0 Å². The Balaban J connectivity index is 0. The van der Waals surface area contributed by atoms with Crippen LogP contribution < -0.4 is 0 Å². The Morgan fingerprint density at radius 3 is 1.86 bits per heavy atom. The minimum absolute atomic E-state index is 0. The fourth-order valence-electron chi connectivity index (χ4n) is 1.51. The van der Waals surface area contributed by atoms with E-state index in [1.165, 1.54) is 51.4 Å². The van der Waals surface area contributed by atoms with Crippen molar-refractivity contribution in [2.75, 3.05) is 0 Å². The number of rotatable bonds is 3. The van der Waals surface area contributed by atoms with Crippen molar-refractivity contribution in [3.63, 3.8) is 0 Å². The quantitative estimate of drug-likeness (QED) is 0.474. The molecule has 1 fully saturated rings. The van der Waals surface area contributed by atoms with Crippen LogP contribution >= 0.6 is 0 Å². The van der Waals surface area contributed by atoms with Gasteiger partial charge in [-0.15, -0.1) is 0 Å². The van der Waals surface area contributed by atoms with Crippen LogP contribution in [0.1, 0.15) is 65.2 Å². The topological polar surface area (TPSA) is 0 Å². The Bertz CT molecular complexity index is 75.7. The minimum Gasteiger partial charge on any atom is -0.340 e. The van der Waals surface area contributed by atoms with Crippen LogP contribution in [0.3, 0.4) is 0 Å². The average Bonchev–Trinajstić information content (AvgIpc) is 2.22. The summed E-state index contributed by atoms with van der Waals surface area (Å²) in [5.41, 5.74) is 0. The first-order valence-corrected chi connectivity index (χ1v) is 5.96. The number of hydrogen-bond donors (Lipinski definition) is 0. The van der Waals surface area contributed by atoms with Gasteiger partial charge in [0.05, 0.1) is 0 Å². The van der Waals surface area contributed by atoms with Crippen molar-refractivity contribution in [3.8, 4) is 0 Å². The van der Waals surface area contributed by atoms with Gasteiger partial charge in [0.15, 0.2) is 0 Å². The largest absolute Gasteiger partial charge is 2.00 e. The molecule has 0 saturated heterocycles. The Labute approximate surface area is 107 Å². The zero-order chi connectivity index (χ0) is 9.94. The SMILES string of the molecule is [CH-]1CCCCC1.[CH2-]C(CC)CCC.[Mg+2]. The summed E-state index contributed by atoms with van der Waals surface area (Å²) < 4.78 is 0. The third-order valence-electron chi connectivity index (χ3n) is 2.59. The molecule has 14 heavy (non-hydrogen) atoms. The molecule has 0 aromatic carbocycles. The van der Waals surface area contributed by atoms with Crippen LogP contribution in [0.15, 0.2) is 0 Å². The summed E-state index contributed by atoms with van der Waals surface area (Å²) >= 11 is 0. The van der Waals surface area contributed by atoms with Crippen molar-refractivity contribution in [3.05, 3.63) is 13.3 Å². The van der Waals surface area contributed by atoms with Crippen LogP contribution in [0.25, 0.3) is 0 Å². The Hall–Kier alpha value is 0.766. The van der Waals surface area contributed by atoms with Gasteiger partial charge in [0.1, 0.15) is 0 Å². The van der Waals surface area contributed by atoms with Gasteiger partial charge in [-0.3, -0.25) is 0 Å². The van der Waals surface area contributed by atoms with Gasteiger partial charge in [-0.25, -0.2) is 0 Å². The third-order valence-corrected chi connectivity index (χ3v) is 2.59. The second-order valence-electron chi connectivity index (χ2n) is 3.99. The van der Waals surface area contributed by atoms with Crippen LogP contribution in [0.2, 0.25) is 0 Å². The smallest absolute Gasteiger partial charge is 0.340 e. The van der Waals surface area contributed by atoms with Gasteiger partial charge in [-0.1, -0.05) is 52.4 Å². The molecule has 0 spiro atoms. The molecule has 1 atom stereocenters. The summed E-state index contributed by atoms with van der Waals surface area (Å²) in [6.45, 7) is 8.34. The van der Waals surface area contributed by atoms with Gasteiger partial charge in [0.2, 0.25) is 0 Å². The maximum Gasteiger partial charge on any atom is 2.00 e. The summed E-state index contributed by atoms with van der Waals surface area (Å²) in [5, 5.41) is 0. The molecule has 0 heterocycles. The Morgan fingerprint density at radius 1 is 1.14 bits per heavy atom. The molecule has 80 valence electrons. The summed E-state index contributed by atoms with van der Waals surface area (Å²) in [5.74, 6) is 0.699. The molecule has 1 aliphatic rings. The van der Waals surface area contributed by atoms with Crippen molar-refractivity contribution < 1.29 is 0 Å². The number of hydrogen-bond acceptors (Lipinski definition) is 0. The molecular weight excluding hydrogens is 180 g/mol. The van der Waals surface area contributed by atoms with E-state index in [0.29, 0.717) is 5.92 Å². The van der Waals surface area contributed by atoms with E-state index in [-0.39, 0.29) is 23.1 Å². The summed E-state index contributed by atoms with van der Waals surface area (Å²) in [4.78, 5) is 0. The van der Waals surface area contributed by atoms with Crippen LogP contribution in [0.5, 0.6) is 0 Å². The first kappa shape index (κ1) is 17.2. The van der Waals surface area contributed by atoms with Crippen molar-refractivity contribution in [2.45, 2.75) is 65.2 Å². The molecule has 1 heteroatoms. The predicted molar refractivity (Wildman–Crippen MR) is 67.2 cm³/mol. The molecule has 1 rings (SSSR count). The second-order valence-corrected chi connectivity index (χ2v) is 3.99. The average molecular weight is 207 g/mol. The van der Waals surface area contributed by atoms with Crippen molar-refractivity contribution >= 4 is 23.1 Å². The van der Waals surface area contributed by atoms with Gasteiger partial charge in [0.25, 0.3) is 0 Å². The maximum absolute atomic E-state index is 3.95. The molecule has 0 aromatic heterocycles. The van der Waals surface area contributed by atoms with E-state index in [4.69, 9.17) is 0 Å². The normalized spacial score (nSPS) is 17.4. The van der Waals surface area contributed by atoms with Gasteiger partial charge < -0.3 is 13.3 Å². The van der Waals surface area contributed by atoms with Crippen molar-refractivity contribution in [2.24, 2.45) is 5.92 Å². The van der Waals surface area contributed by atoms with E-state index in [1.807, 2.05) is 0 Å². The summed E-state index contributed by atoms with van der Waals surface area (Å²) in [6.07, 6.45) is 13.3. The zero-order valence-electron chi connectivity index (χ0n) is 10.2. The van der Waals surface area contributed by atoms with Crippen molar-refractivity contribution in [1.29, 1.82) is 0 Å². The summed E-state index contributed by atoms with van der Waals surface area (Å²) in [7, 11) is 0. The molecule has 1 unspecified atom stereocenters. The summed E-state index contributed by atoms with van der Waals surface area (Å²) in [6, 6.07) is 0. The second kappa shape index (κ2) is 13.8. The molecular formula is C13H26Mg. The van der Waals surface area contributed by atoms with Crippen molar-refractivity contribution in [1.82, 2.24) is 0 Å². The first-order chi connectivity index (χ1) is 6.31. The van der Waals surface area contributed by atoms with Gasteiger partial charge in [-0.2, -0.15) is 18.8 Å². The molecule has 0 nitrogen and oxygen atoms in total. The van der Waals surface area contributed by atoms with E-state index in [9.17, 15) is 0 Å². The van der Waals surface area contributed by atoms with E-state index in [2.05, 4.69) is 27.2 Å². The van der Waals surface area contributed by atoms with Crippen LogP contribution in [0.4, 0.5) is 0 Å². The van der Waals surface area contributed by atoms with E-state index in [0.717, 1.165) is 0 Å². The molecule has 0 aromatic rings. The first-order valence-electron chi connectivity index (χ1n) is 5.96. The van der Waals surface area contributed by atoms with Gasteiger partial charge in [0, 0.05) is 0 Å². The molecule has 0 amide bonds. The molecule has 0 bridgehead atoms. The predicted octanol–water partition coefficient (Wildman–Crippen LogP) is 4.42. The fraction of sp³-hybridized carbons (Fsp3) is 0.846. The maximum atomic E-state index is 3.95. The monoisotopic (exact) mass is 206 g/mol. The molecule has 0 aliphatic heterocycles. The van der Waals surface area contributed by atoms with E-state index in [1.54, 1.807) is 0 Å². The third kappa shape index (κ3) is 12.8. The molecule has 1 saturated carbocycles. The van der Waals surface area contributed by atoms with E-state index < -0.39 is 0 Å². The zero-order valence-corrected chi connectivity index (χ0v) is 11.6. The van der Waals surface area contributed by atoms with Gasteiger partial charge in [-0.05, 0) is 0 Å². The van der Waals surface area contributed by atoms with Gasteiger partial charge >= 0.3 is 23.1 Å². The van der Waals surface area contributed by atoms with E-state index >= 15 is 0 Å². The fourth-order valence-corrected chi connectivity index (χ4v) is 1.51. The standard InChI is InChI=1S/C7H15.C6H11.Mg/c1-4-6-7(3)5-2;1-2-4-6-5-3-1;/h7H,3-6H2,1-2H3;1H,2-6H2;/q2*-1;+2. The van der Waals surface area contributed by atoms with Crippen LogP contribution in [-0.4, -0.2) is 23.1 Å². The van der Waals surface area contributed by atoms with Crippen LogP contribution in [0, 0.1) is 19.3 Å². The molecule has 0 radical (unpaired) electrons.